The third kappa shape index (κ3) is 7.24. The Hall–Kier alpha value is -2.28. The van der Waals surface area contributed by atoms with Crippen LogP contribution in [0.1, 0.15) is 48.5 Å². The molecule has 0 aromatic heterocycles. The molecule has 162 valence electrons. The Morgan fingerprint density at radius 2 is 1.66 bits per heavy atom. The Morgan fingerprint density at radius 3 is 2.14 bits per heavy atom. The Balaban J connectivity index is 1.96. The molecule has 3 atom stereocenters. The summed E-state index contributed by atoms with van der Waals surface area (Å²) >= 11 is 0. The molecule has 0 saturated carbocycles. The molecule has 1 aromatic rings. The molecule has 1 aliphatic heterocycles. The van der Waals surface area contributed by atoms with Gasteiger partial charge in [0, 0.05) is 24.5 Å². The fraction of sp³-hybridized carbons (Fsp3) is 0.636. The van der Waals surface area contributed by atoms with Gasteiger partial charge in [0.05, 0.1) is 12.2 Å². The number of anilines is 2. The van der Waals surface area contributed by atoms with E-state index in [-0.39, 0.29) is 18.1 Å². The number of carbonyl (C=O) groups is 2. The fourth-order valence-electron chi connectivity index (χ4n) is 3.32. The van der Waals surface area contributed by atoms with Crippen LogP contribution >= 0.6 is 0 Å². The molecule has 29 heavy (non-hydrogen) atoms. The Bertz CT molecular complexity index is 687. The highest BCUT2D eigenvalue weighted by Crippen LogP contribution is 2.22. The van der Waals surface area contributed by atoms with Gasteiger partial charge in [0.1, 0.15) is 11.6 Å². The van der Waals surface area contributed by atoms with Crippen LogP contribution in [0.2, 0.25) is 0 Å². The van der Waals surface area contributed by atoms with E-state index < -0.39 is 23.6 Å². The topological polar surface area (TPSA) is 79.9 Å². The van der Waals surface area contributed by atoms with Crippen molar-refractivity contribution in [3.8, 4) is 0 Å². The summed E-state index contributed by atoms with van der Waals surface area (Å²) in [5, 5.41) is 5.52. The smallest absolute Gasteiger partial charge is 0.329 e. The first-order chi connectivity index (χ1) is 13.4. The lowest BCUT2D eigenvalue weighted by Gasteiger charge is -2.36. The second kappa shape index (κ2) is 9.48. The van der Waals surface area contributed by atoms with Gasteiger partial charge < -0.3 is 25.0 Å². The van der Waals surface area contributed by atoms with Crippen molar-refractivity contribution in [1.82, 2.24) is 5.32 Å². The summed E-state index contributed by atoms with van der Waals surface area (Å²) in [6, 6.07) is 6.53. The first-order valence-corrected chi connectivity index (χ1v) is 10.3. The van der Waals surface area contributed by atoms with Gasteiger partial charge in [-0.05, 0) is 64.8 Å². The van der Waals surface area contributed by atoms with E-state index >= 15 is 0 Å². The van der Waals surface area contributed by atoms with Crippen LogP contribution in [0.5, 0.6) is 0 Å². The van der Waals surface area contributed by atoms with Gasteiger partial charge in [-0.3, -0.25) is 0 Å². The predicted molar refractivity (Wildman–Crippen MR) is 115 cm³/mol. The van der Waals surface area contributed by atoms with E-state index in [0.717, 1.165) is 18.8 Å². The maximum Gasteiger partial charge on any atom is 0.329 e. The Morgan fingerprint density at radius 1 is 1.10 bits per heavy atom. The van der Waals surface area contributed by atoms with Crippen molar-refractivity contribution in [2.75, 3.05) is 23.3 Å². The SMILES string of the molecule is CC(C)[C@H](NC(=O)Nc1ccc(N2C[C@@H](C)O[C@H](C)C2)cc1)C(=O)OC(C)(C)C. The molecule has 0 aliphatic carbocycles. The van der Waals surface area contributed by atoms with E-state index in [9.17, 15) is 9.59 Å². The maximum absolute atomic E-state index is 12.4. The monoisotopic (exact) mass is 405 g/mol. The fourth-order valence-corrected chi connectivity index (χ4v) is 3.32. The molecule has 7 nitrogen and oxygen atoms in total. The lowest BCUT2D eigenvalue weighted by molar-refractivity contribution is -0.158. The van der Waals surface area contributed by atoms with Crippen LogP contribution in [0.25, 0.3) is 0 Å². The predicted octanol–water partition coefficient (Wildman–Crippen LogP) is 3.79. The zero-order valence-corrected chi connectivity index (χ0v) is 18.6. The number of urea groups is 1. The lowest BCUT2D eigenvalue weighted by Crippen LogP contribution is -2.48. The molecule has 0 unspecified atom stereocenters. The minimum Gasteiger partial charge on any atom is -0.458 e. The first-order valence-electron chi connectivity index (χ1n) is 10.3. The van der Waals surface area contributed by atoms with Crippen LogP contribution in [0.4, 0.5) is 16.2 Å². The second-order valence-corrected chi connectivity index (χ2v) is 9.06. The number of ether oxygens (including phenoxy) is 2. The summed E-state index contributed by atoms with van der Waals surface area (Å²) in [6.07, 6.45) is 0.367. The summed E-state index contributed by atoms with van der Waals surface area (Å²) in [5.74, 6) is -0.531. The van der Waals surface area contributed by atoms with Gasteiger partial charge in [-0.2, -0.15) is 0 Å². The summed E-state index contributed by atoms with van der Waals surface area (Å²) in [6.45, 7) is 15.0. The molecule has 1 heterocycles. The lowest BCUT2D eigenvalue weighted by atomic mass is 10.0. The largest absolute Gasteiger partial charge is 0.458 e. The molecule has 2 N–H and O–H groups in total. The highest BCUT2D eigenvalue weighted by Gasteiger charge is 2.29. The molecule has 0 spiro atoms. The third-order valence-electron chi connectivity index (χ3n) is 4.52. The maximum atomic E-state index is 12.4. The van der Waals surface area contributed by atoms with Gasteiger partial charge in [-0.15, -0.1) is 0 Å². The molecule has 1 aliphatic rings. The number of nitrogens with one attached hydrogen (secondary N) is 2. The van der Waals surface area contributed by atoms with E-state index in [2.05, 4.69) is 29.4 Å². The van der Waals surface area contributed by atoms with E-state index in [1.807, 2.05) is 38.1 Å². The summed E-state index contributed by atoms with van der Waals surface area (Å²) in [4.78, 5) is 27.1. The van der Waals surface area contributed by atoms with E-state index in [4.69, 9.17) is 9.47 Å². The summed E-state index contributed by atoms with van der Waals surface area (Å²) < 4.78 is 11.2. The highest BCUT2D eigenvalue weighted by molar-refractivity contribution is 5.92. The van der Waals surface area contributed by atoms with Crippen molar-refractivity contribution in [3.05, 3.63) is 24.3 Å². The van der Waals surface area contributed by atoms with Gasteiger partial charge in [0.15, 0.2) is 0 Å². The van der Waals surface area contributed by atoms with Crippen molar-refractivity contribution < 1.29 is 19.1 Å². The van der Waals surface area contributed by atoms with Crippen molar-refractivity contribution in [2.24, 2.45) is 5.92 Å². The molecular weight excluding hydrogens is 370 g/mol. The van der Waals surface area contributed by atoms with Crippen LogP contribution in [-0.2, 0) is 14.3 Å². The van der Waals surface area contributed by atoms with Crippen LogP contribution in [0.15, 0.2) is 24.3 Å². The Labute approximate surface area is 174 Å². The molecule has 1 saturated heterocycles. The normalized spacial score (nSPS) is 20.9. The molecule has 7 heteroatoms. The standard InChI is InChI=1S/C22H35N3O4/c1-14(2)19(20(26)29-22(5,6)7)24-21(27)23-17-8-10-18(11-9-17)25-12-15(3)28-16(4)13-25/h8-11,14-16,19H,12-13H2,1-7H3,(H2,23,24,27)/t15-,16-,19+/m1/s1. The first kappa shape index (κ1) is 23.0. The number of nitrogens with zero attached hydrogens (tertiary/aromatic N) is 1. The summed E-state index contributed by atoms with van der Waals surface area (Å²) in [7, 11) is 0. The van der Waals surface area contributed by atoms with Crippen LogP contribution in [0, 0.1) is 5.92 Å². The van der Waals surface area contributed by atoms with Gasteiger partial charge in [-0.25, -0.2) is 9.59 Å². The average molecular weight is 406 g/mol. The molecular formula is C22H35N3O4. The van der Waals surface area contributed by atoms with Crippen molar-refractivity contribution >= 4 is 23.4 Å². The van der Waals surface area contributed by atoms with E-state index in [1.54, 1.807) is 20.8 Å². The Kier molecular flexibility index (Phi) is 7.52. The van der Waals surface area contributed by atoms with E-state index in [1.165, 1.54) is 0 Å². The van der Waals surface area contributed by atoms with Crippen LogP contribution in [-0.4, -0.2) is 48.9 Å². The van der Waals surface area contributed by atoms with Gasteiger partial charge >= 0.3 is 12.0 Å². The number of morpholine rings is 1. The number of rotatable bonds is 5. The molecule has 1 fully saturated rings. The number of hydrogen-bond donors (Lipinski definition) is 2. The highest BCUT2D eigenvalue weighted by atomic mass is 16.6. The van der Waals surface area contributed by atoms with Crippen LogP contribution in [0.3, 0.4) is 0 Å². The van der Waals surface area contributed by atoms with Gasteiger partial charge in [0.2, 0.25) is 0 Å². The van der Waals surface area contributed by atoms with Crippen molar-refractivity contribution in [2.45, 2.75) is 72.3 Å². The number of esters is 1. The van der Waals surface area contributed by atoms with E-state index in [0.29, 0.717) is 5.69 Å². The minimum atomic E-state index is -0.718. The van der Waals surface area contributed by atoms with Crippen LogP contribution < -0.4 is 15.5 Å². The molecule has 0 bridgehead atoms. The van der Waals surface area contributed by atoms with Gasteiger partial charge in [-0.1, -0.05) is 13.8 Å². The van der Waals surface area contributed by atoms with Crippen molar-refractivity contribution in [1.29, 1.82) is 0 Å². The average Bonchev–Trinajstić information content (AvgIpc) is 2.57. The molecule has 2 rings (SSSR count). The molecule has 2 amide bonds. The zero-order valence-electron chi connectivity index (χ0n) is 18.6. The van der Waals surface area contributed by atoms with Gasteiger partial charge in [0.25, 0.3) is 0 Å². The number of amides is 2. The molecule has 0 radical (unpaired) electrons. The third-order valence-corrected chi connectivity index (χ3v) is 4.52. The van der Waals surface area contributed by atoms with Crippen molar-refractivity contribution in [3.63, 3.8) is 0 Å². The number of hydrogen-bond acceptors (Lipinski definition) is 5. The summed E-state index contributed by atoms with van der Waals surface area (Å²) in [5.41, 5.74) is 1.14. The number of carbonyl (C=O) groups excluding carboxylic acids is 2. The minimum absolute atomic E-state index is 0.0942. The molecule has 1 aromatic carbocycles. The quantitative estimate of drug-likeness (QED) is 0.729. The number of benzene rings is 1. The zero-order chi connectivity index (χ0) is 21.8. The second-order valence-electron chi connectivity index (χ2n) is 9.06.